The summed E-state index contributed by atoms with van der Waals surface area (Å²) in [6.45, 7) is 14.2. The molecule has 1 aliphatic rings. The molecule has 2 rings (SSSR count). The van der Waals surface area contributed by atoms with Gasteiger partial charge in [-0.3, -0.25) is 4.98 Å². The Morgan fingerprint density at radius 1 is 1.42 bits per heavy atom. The van der Waals surface area contributed by atoms with Crippen molar-refractivity contribution in [1.29, 1.82) is 0 Å². The second-order valence-electron chi connectivity index (χ2n) is 6.90. The molecule has 1 unspecified atom stereocenters. The van der Waals surface area contributed by atoms with Crippen molar-refractivity contribution in [2.45, 2.75) is 53.1 Å². The summed E-state index contributed by atoms with van der Waals surface area (Å²) >= 11 is 0. The van der Waals surface area contributed by atoms with Crippen molar-refractivity contribution in [1.82, 2.24) is 10.3 Å². The number of hydrogen-bond donors (Lipinski definition) is 1. The van der Waals surface area contributed by atoms with Crippen LogP contribution in [-0.2, 0) is 6.54 Å². The molecular weight excluding hydrogens is 234 g/mol. The number of aryl methyl sites for hydroxylation is 1. The van der Waals surface area contributed by atoms with Gasteiger partial charge in [0.05, 0.1) is 0 Å². The quantitative estimate of drug-likeness (QED) is 0.906. The van der Waals surface area contributed by atoms with E-state index >= 15 is 0 Å². The van der Waals surface area contributed by atoms with Crippen LogP contribution in [0.2, 0.25) is 0 Å². The third kappa shape index (κ3) is 3.93. The van der Waals surface area contributed by atoms with Gasteiger partial charge in [-0.25, -0.2) is 0 Å². The van der Waals surface area contributed by atoms with Gasteiger partial charge in [-0.1, -0.05) is 6.92 Å². The summed E-state index contributed by atoms with van der Waals surface area (Å²) in [6, 6.07) is 2.23. The molecule has 1 atom stereocenters. The van der Waals surface area contributed by atoms with Crippen LogP contribution in [0, 0.1) is 12.8 Å². The average molecular weight is 261 g/mol. The predicted molar refractivity (Wildman–Crippen MR) is 81.6 cm³/mol. The molecule has 0 radical (unpaired) electrons. The van der Waals surface area contributed by atoms with Crippen molar-refractivity contribution >= 4 is 5.69 Å². The van der Waals surface area contributed by atoms with E-state index in [2.05, 4.69) is 55.9 Å². The Morgan fingerprint density at radius 2 is 2.16 bits per heavy atom. The maximum atomic E-state index is 4.46. The van der Waals surface area contributed by atoms with Crippen LogP contribution in [0.3, 0.4) is 0 Å². The largest absolute Gasteiger partial charge is 0.371 e. The second-order valence-corrected chi connectivity index (χ2v) is 6.90. The molecule has 0 saturated carbocycles. The van der Waals surface area contributed by atoms with Gasteiger partial charge < -0.3 is 10.2 Å². The van der Waals surface area contributed by atoms with E-state index in [0.717, 1.165) is 18.2 Å². The Labute approximate surface area is 117 Å². The molecule has 3 nitrogen and oxygen atoms in total. The first kappa shape index (κ1) is 14.3. The predicted octanol–water partition coefficient (Wildman–Crippen LogP) is 3.12. The highest BCUT2D eigenvalue weighted by molar-refractivity contribution is 5.54. The number of nitrogens with zero attached hydrogens (tertiary/aromatic N) is 2. The van der Waals surface area contributed by atoms with Crippen molar-refractivity contribution in [2.75, 3.05) is 18.0 Å². The topological polar surface area (TPSA) is 28.2 Å². The van der Waals surface area contributed by atoms with Crippen molar-refractivity contribution in [3.63, 3.8) is 0 Å². The van der Waals surface area contributed by atoms with Crippen LogP contribution in [0.15, 0.2) is 12.3 Å². The molecule has 0 bridgehead atoms. The first-order chi connectivity index (χ1) is 8.85. The van der Waals surface area contributed by atoms with Gasteiger partial charge in [-0.2, -0.15) is 0 Å². The fourth-order valence-electron chi connectivity index (χ4n) is 2.52. The Hall–Kier alpha value is -1.09. The summed E-state index contributed by atoms with van der Waals surface area (Å²) in [4.78, 5) is 6.98. The van der Waals surface area contributed by atoms with E-state index in [1.807, 2.05) is 6.20 Å². The van der Waals surface area contributed by atoms with Gasteiger partial charge in [0.25, 0.3) is 0 Å². The Bertz CT molecular complexity index is 434. The van der Waals surface area contributed by atoms with Crippen LogP contribution >= 0.6 is 0 Å². The number of pyridine rings is 1. The third-order valence-corrected chi connectivity index (χ3v) is 3.67. The zero-order chi connectivity index (χ0) is 14.0. The van der Waals surface area contributed by atoms with Crippen LogP contribution < -0.4 is 10.2 Å². The van der Waals surface area contributed by atoms with E-state index in [9.17, 15) is 0 Å². The van der Waals surface area contributed by atoms with Gasteiger partial charge in [0.15, 0.2) is 0 Å². The summed E-state index contributed by atoms with van der Waals surface area (Å²) < 4.78 is 0. The molecule has 3 heteroatoms. The van der Waals surface area contributed by atoms with Gasteiger partial charge >= 0.3 is 0 Å². The molecule has 0 aliphatic carbocycles. The molecule has 19 heavy (non-hydrogen) atoms. The van der Waals surface area contributed by atoms with E-state index in [4.69, 9.17) is 0 Å². The van der Waals surface area contributed by atoms with Crippen LogP contribution in [0.5, 0.6) is 0 Å². The number of aromatic nitrogens is 1. The maximum absolute atomic E-state index is 4.46. The van der Waals surface area contributed by atoms with E-state index in [1.54, 1.807) is 0 Å². The molecule has 1 aromatic heterocycles. The zero-order valence-corrected chi connectivity index (χ0v) is 13.0. The van der Waals surface area contributed by atoms with Crippen LogP contribution in [-0.4, -0.2) is 23.6 Å². The van der Waals surface area contributed by atoms with E-state index in [1.165, 1.54) is 30.8 Å². The molecule has 0 aromatic carbocycles. The third-order valence-electron chi connectivity index (χ3n) is 3.67. The molecule has 1 aliphatic heterocycles. The van der Waals surface area contributed by atoms with Gasteiger partial charge in [-0.05, 0) is 46.1 Å². The lowest BCUT2D eigenvalue weighted by atomic mass is 10.1. The Morgan fingerprint density at radius 3 is 2.74 bits per heavy atom. The Kier molecular flexibility index (Phi) is 4.14. The Balaban J connectivity index is 2.18. The van der Waals surface area contributed by atoms with E-state index in [-0.39, 0.29) is 5.54 Å². The SMILES string of the molecule is Cc1cc(N2CCC(C)C2)c(CNC(C)(C)C)cn1. The highest BCUT2D eigenvalue weighted by Gasteiger charge is 2.21. The average Bonchev–Trinajstić information content (AvgIpc) is 2.73. The lowest BCUT2D eigenvalue weighted by Gasteiger charge is -2.25. The van der Waals surface area contributed by atoms with Gasteiger partial charge in [-0.15, -0.1) is 0 Å². The molecule has 0 spiro atoms. The minimum Gasteiger partial charge on any atom is -0.371 e. The zero-order valence-electron chi connectivity index (χ0n) is 13.0. The van der Waals surface area contributed by atoms with Crippen molar-refractivity contribution in [2.24, 2.45) is 5.92 Å². The minimum absolute atomic E-state index is 0.139. The van der Waals surface area contributed by atoms with Crippen LogP contribution in [0.1, 0.15) is 45.4 Å². The summed E-state index contributed by atoms with van der Waals surface area (Å²) in [5.74, 6) is 0.803. The van der Waals surface area contributed by atoms with Crippen LogP contribution in [0.25, 0.3) is 0 Å². The highest BCUT2D eigenvalue weighted by Crippen LogP contribution is 2.27. The van der Waals surface area contributed by atoms with Gasteiger partial charge in [0.1, 0.15) is 0 Å². The first-order valence-electron chi connectivity index (χ1n) is 7.30. The van der Waals surface area contributed by atoms with E-state index < -0.39 is 0 Å². The number of anilines is 1. The summed E-state index contributed by atoms with van der Waals surface area (Å²) in [7, 11) is 0. The van der Waals surface area contributed by atoms with Crippen molar-refractivity contribution in [3.8, 4) is 0 Å². The molecule has 0 amide bonds. The fraction of sp³-hybridized carbons (Fsp3) is 0.688. The molecule has 1 N–H and O–H groups in total. The maximum Gasteiger partial charge on any atom is 0.0445 e. The monoisotopic (exact) mass is 261 g/mol. The molecule has 2 heterocycles. The molecular formula is C16H27N3. The number of hydrogen-bond acceptors (Lipinski definition) is 3. The second kappa shape index (κ2) is 5.49. The number of rotatable bonds is 3. The first-order valence-corrected chi connectivity index (χ1v) is 7.30. The van der Waals surface area contributed by atoms with Gasteiger partial charge in [0, 0.05) is 48.3 Å². The minimum atomic E-state index is 0.139. The molecule has 1 saturated heterocycles. The smallest absolute Gasteiger partial charge is 0.0445 e. The number of nitrogens with one attached hydrogen (secondary N) is 1. The molecule has 1 fully saturated rings. The van der Waals surface area contributed by atoms with Crippen molar-refractivity contribution < 1.29 is 0 Å². The lowest BCUT2D eigenvalue weighted by Crippen LogP contribution is -2.35. The molecule has 106 valence electrons. The molecule has 1 aromatic rings. The normalized spacial score (nSPS) is 20.1. The fourth-order valence-corrected chi connectivity index (χ4v) is 2.52. The van der Waals surface area contributed by atoms with Crippen LogP contribution in [0.4, 0.5) is 5.69 Å². The van der Waals surface area contributed by atoms with E-state index in [0.29, 0.717) is 0 Å². The summed E-state index contributed by atoms with van der Waals surface area (Å²) in [5, 5.41) is 3.57. The summed E-state index contributed by atoms with van der Waals surface area (Å²) in [6.07, 6.45) is 3.33. The van der Waals surface area contributed by atoms with Gasteiger partial charge in [0.2, 0.25) is 0 Å². The van der Waals surface area contributed by atoms with Crippen molar-refractivity contribution in [3.05, 3.63) is 23.5 Å². The summed E-state index contributed by atoms with van der Waals surface area (Å²) in [5.41, 5.74) is 3.93. The lowest BCUT2D eigenvalue weighted by molar-refractivity contribution is 0.424. The standard InChI is InChI=1S/C16H27N3/c1-12-6-7-19(11-12)15-8-13(2)17-9-14(15)10-18-16(3,4)5/h8-9,12,18H,6-7,10-11H2,1-5H3. The highest BCUT2D eigenvalue weighted by atomic mass is 15.2.